The van der Waals surface area contributed by atoms with Gasteiger partial charge in [0.2, 0.25) is 5.91 Å². The van der Waals surface area contributed by atoms with Crippen molar-refractivity contribution in [2.45, 2.75) is 25.2 Å². The second kappa shape index (κ2) is 9.00. The van der Waals surface area contributed by atoms with Gasteiger partial charge in [-0.25, -0.2) is 0 Å². The summed E-state index contributed by atoms with van der Waals surface area (Å²) in [7, 11) is 0. The van der Waals surface area contributed by atoms with Crippen LogP contribution in [0.4, 0.5) is 0 Å². The van der Waals surface area contributed by atoms with E-state index in [-0.39, 0.29) is 11.8 Å². The number of carbonyl (C=O) groups is 1. The zero-order chi connectivity index (χ0) is 15.6. The minimum absolute atomic E-state index is 0.0603. The van der Waals surface area contributed by atoms with Crippen molar-refractivity contribution in [2.24, 2.45) is 5.73 Å². The van der Waals surface area contributed by atoms with Crippen molar-refractivity contribution in [3.63, 3.8) is 0 Å². The summed E-state index contributed by atoms with van der Waals surface area (Å²) in [4.78, 5) is 12.6. The Kier molecular flexibility index (Phi) is 6.65. The van der Waals surface area contributed by atoms with Crippen LogP contribution in [0, 0.1) is 0 Å². The molecule has 0 saturated carbocycles. The van der Waals surface area contributed by atoms with E-state index in [1.54, 1.807) is 0 Å². The van der Waals surface area contributed by atoms with E-state index >= 15 is 0 Å². The molecule has 3 nitrogen and oxygen atoms in total. The highest BCUT2D eigenvalue weighted by molar-refractivity contribution is 5.87. The summed E-state index contributed by atoms with van der Waals surface area (Å²) < 4.78 is 0. The van der Waals surface area contributed by atoms with Gasteiger partial charge in [-0.3, -0.25) is 4.79 Å². The zero-order valence-electron chi connectivity index (χ0n) is 12.9. The van der Waals surface area contributed by atoms with Gasteiger partial charge in [0, 0.05) is 6.54 Å². The molecule has 0 atom stereocenters. The second-order valence-corrected chi connectivity index (χ2v) is 5.39. The molecular formula is C19H24N2O. The lowest BCUT2D eigenvalue weighted by atomic mass is 9.90. The Hall–Kier alpha value is -2.13. The lowest BCUT2D eigenvalue weighted by Crippen LogP contribution is -2.30. The van der Waals surface area contributed by atoms with Crippen LogP contribution in [0.5, 0.6) is 0 Å². The van der Waals surface area contributed by atoms with Gasteiger partial charge in [0.05, 0.1) is 5.92 Å². The third-order valence-corrected chi connectivity index (χ3v) is 3.71. The summed E-state index contributed by atoms with van der Waals surface area (Å²) in [5.41, 5.74) is 7.53. The van der Waals surface area contributed by atoms with Crippen molar-refractivity contribution < 1.29 is 4.79 Å². The first-order valence-corrected chi connectivity index (χ1v) is 7.90. The van der Waals surface area contributed by atoms with Crippen molar-refractivity contribution in [1.82, 2.24) is 5.32 Å². The Balaban J connectivity index is 2.07. The molecule has 0 heterocycles. The fourth-order valence-corrected chi connectivity index (χ4v) is 2.55. The van der Waals surface area contributed by atoms with Crippen molar-refractivity contribution in [2.75, 3.05) is 13.1 Å². The van der Waals surface area contributed by atoms with E-state index in [1.807, 2.05) is 60.7 Å². The Morgan fingerprint density at radius 1 is 0.864 bits per heavy atom. The van der Waals surface area contributed by atoms with E-state index in [0.29, 0.717) is 13.1 Å². The number of nitrogens with one attached hydrogen (secondary N) is 1. The minimum Gasteiger partial charge on any atom is -0.355 e. The molecular weight excluding hydrogens is 272 g/mol. The summed E-state index contributed by atoms with van der Waals surface area (Å²) in [5, 5.41) is 3.06. The van der Waals surface area contributed by atoms with Gasteiger partial charge in [-0.1, -0.05) is 67.1 Å². The topological polar surface area (TPSA) is 55.1 Å². The van der Waals surface area contributed by atoms with Crippen molar-refractivity contribution in [3.8, 4) is 0 Å². The van der Waals surface area contributed by atoms with Gasteiger partial charge in [-0.2, -0.15) is 0 Å². The van der Waals surface area contributed by atoms with Crippen LogP contribution in [-0.4, -0.2) is 19.0 Å². The van der Waals surface area contributed by atoms with E-state index in [9.17, 15) is 4.79 Å². The predicted octanol–water partition coefficient (Wildman–Crippen LogP) is 3.06. The molecule has 2 aromatic carbocycles. The van der Waals surface area contributed by atoms with E-state index in [1.165, 1.54) is 0 Å². The molecule has 0 saturated heterocycles. The summed E-state index contributed by atoms with van der Waals surface area (Å²) in [6.45, 7) is 1.42. The summed E-state index contributed by atoms with van der Waals surface area (Å²) in [5.74, 6) is -0.193. The Morgan fingerprint density at radius 2 is 1.41 bits per heavy atom. The fourth-order valence-electron chi connectivity index (χ4n) is 2.55. The van der Waals surface area contributed by atoms with Gasteiger partial charge >= 0.3 is 0 Å². The number of amides is 1. The maximum Gasteiger partial charge on any atom is 0.232 e. The van der Waals surface area contributed by atoms with Crippen LogP contribution in [-0.2, 0) is 4.79 Å². The van der Waals surface area contributed by atoms with Crippen LogP contribution in [0.2, 0.25) is 0 Å². The molecule has 2 rings (SSSR count). The molecule has 116 valence electrons. The number of hydrogen-bond donors (Lipinski definition) is 2. The molecule has 0 aliphatic rings. The summed E-state index contributed by atoms with van der Waals surface area (Å²) >= 11 is 0. The van der Waals surface area contributed by atoms with Crippen LogP contribution >= 0.6 is 0 Å². The van der Waals surface area contributed by atoms with Gasteiger partial charge in [0.15, 0.2) is 0 Å². The van der Waals surface area contributed by atoms with E-state index in [0.717, 1.165) is 30.4 Å². The smallest absolute Gasteiger partial charge is 0.232 e. The molecule has 0 unspecified atom stereocenters. The van der Waals surface area contributed by atoms with Crippen LogP contribution in [0.1, 0.15) is 36.3 Å². The molecule has 22 heavy (non-hydrogen) atoms. The SMILES string of the molecule is NCCCCCNC(=O)C(c1ccccc1)c1ccccc1. The maximum absolute atomic E-state index is 12.6. The third-order valence-electron chi connectivity index (χ3n) is 3.71. The largest absolute Gasteiger partial charge is 0.355 e. The number of carbonyl (C=O) groups excluding carboxylic acids is 1. The standard InChI is InChI=1S/C19H24N2O/c20-14-8-3-9-15-21-19(22)18(16-10-4-1-5-11-16)17-12-6-2-7-13-17/h1-2,4-7,10-13,18H,3,8-9,14-15,20H2,(H,21,22). The molecule has 0 aliphatic heterocycles. The van der Waals surface area contributed by atoms with Gasteiger partial charge in [-0.05, 0) is 30.5 Å². The summed E-state index contributed by atoms with van der Waals surface area (Å²) in [6.07, 6.45) is 3.04. The van der Waals surface area contributed by atoms with Crippen LogP contribution in [0.3, 0.4) is 0 Å². The highest BCUT2D eigenvalue weighted by atomic mass is 16.1. The third kappa shape index (κ3) is 4.71. The maximum atomic E-state index is 12.6. The molecule has 0 fully saturated rings. The highest BCUT2D eigenvalue weighted by Gasteiger charge is 2.21. The molecule has 2 aromatic rings. The number of unbranched alkanes of at least 4 members (excludes halogenated alkanes) is 2. The second-order valence-electron chi connectivity index (χ2n) is 5.39. The van der Waals surface area contributed by atoms with Gasteiger partial charge in [-0.15, -0.1) is 0 Å². The molecule has 0 aromatic heterocycles. The van der Waals surface area contributed by atoms with E-state index < -0.39 is 0 Å². The first-order chi connectivity index (χ1) is 10.8. The van der Waals surface area contributed by atoms with Crippen molar-refractivity contribution in [1.29, 1.82) is 0 Å². The van der Waals surface area contributed by atoms with E-state index in [2.05, 4.69) is 5.32 Å². The van der Waals surface area contributed by atoms with Crippen LogP contribution in [0.15, 0.2) is 60.7 Å². The Morgan fingerprint density at radius 3 is 1.91 bits per heavy atom. The average molecular weight is 296 g/mol. The average Bonchev–Trinajstić information content (AvgIpc) is 2.57. The molecule has 0 aliphatic carbocycles. The van der Waals surface area contributed by atoms with Crippen molar-refractivity contribution >= 4 is 5.91 Å². The monoisotopic (exact) mass is 296 g/mol. The number of hydrogen-bond acceptors (Lipinski definition) is 2. The van der Waals surface area contributed by atoms with Gasteiger partial charge < -0.3 is 11.1 Å². The lowest BCUT2D eigenvalue weighted by Gasteiger charge is -2.18. The first kappa shape index (κ1) is 16.2. The lowest BCUT2D eigenvalue weighted by molar-refractivity contribution is -0.121. The quantitative estimate of drug-likeness (QED) is 0.736. The first-order valence-electron chi connectivity index (χ1n) is 7.90. The minimum atomic E-state index is -0.253. The predicted molar refractivity (Wildman–Crippen MR) is 90.6 cm³/mol. The highest BCUT2D eigenvalue weighted by Crippen LogP contribution is 2.24. The molecule has 0 spiro atoms. The van der Waals surface area contributed by atoms with Crippen LogP contribution < -0.4 is 11.1 Å². The number of benzene rings is 2. The fraction of sp³-hybridized carbons (Fsp3) is 0.316. The Labute approximate surface area is 132 Å². The van der Waals surface area contributed by atoms with Crippen molar-refractivity contribution in [3.05, 3.63) is 71.8 Å². The molecule has 1 amide bonds. The molecule has 3 heteroatoms. The summed E-state index contributed by atoms with van der Waals surface area (Å²) in [6, 6.07) is 19.8. The number of nitrogens with two attached hydrogens (primary N) is 1. The molecule has 0 bridgehead atoms. The normalized spacial score (nSPS) is 10.6. The van der Waals surface area contributed by atoms with E-state index in [4.69, 9.17) is 5.73 Å². The zero-order valence-corrected chi connectivity index (χ0v) is 12.9. The Bertz CT molecular complexity index is 515. The van der Waals surface area contributed by atoms with Gasteiger partial charge in [0.1, 0.15) is 0 Å². The number of rotatable bonds is 8. The molecule has 3 N–H and O–H groups in total. The molecule has 0 radical (unpaired) electrons. The van der Waals surface area contributed by atoms with Crippen LogP contribution in [0.25, 0.3) is 0 Å². The van der Waals surface area contributed by atoms with Gasteiger partial charge in [0.25, 0.3) is 0 Å².